The van der Waals surface area contributed by atoms with E-state index in [-0.39, 0.29) is 68.1 Å². The minimum absolute atomic E-state index is 0.00160. The number of aromatic amines is 1. The topological polar surface area (TPSA) is 146 Å². The highest BCUT2D eigenvalue weighted by atomic mass is 35.5. The molecule has 0 aliphatic heterocycles. The number of H-pyrrole nitrogens is 1. The monoisotopic (exact) mass is 1900 g/mol. The number of benzene rings is 6. The van der Waals surface area contributed by atoms with Gasteiger partial charge in [0.25, 0.3) is 0 Å². The van der Waals surface area contributed by atoms with Crippen LogP contribution < -0.4 is 9.47 Å². The van der Waals surface area contributed by atoms with Crippen molar-refractivity contribution in [2.24, 2.45) is 0 Å². The van der Waals surface area contributed by atoms with E-state index in [1.807, 2.05) is 102 Å². The van der Waals surface area contributed by atoms with E-state index < -0.39 is 63.6 Å². The van der Waals surface area contributed by atoms with Crippen LogP contribution >= 0.6 is 46.4 Å². The van der Waals surface area contributed by atoms with Crippen LogP contribution in [0.4, 0.5) is 65.9 Å². The third-order valence-corrected chi connectivity index (χ3v) is 20.5. The summed E-state index contributed by atoms with van der Waals surface area (Å²) in [5.41, 5.74) is 7.08. The van der Waals surface area contributed by atoms with Crippen LogP contribution in [-0.4, -0.2) is 69.6 Å². The summed E-state index contributed by atoms with van der Waals surface area (Å²) in [6.45, 7) is 38.6. The highest BCUT2D eigenvalue weighted by Crippen LogP contribution is 2.40. The number of hydrogen-bond acceptors (Lipinski definition) is 10. The zero-order chi connectivity index (χ0) is 97.2. The van der Waals surface area contributed by atoms with E-state index in [4.69, 9.17) is 55.9 Å². The number of halogens is 19. The predicted molar refractivity (Wildman–Crippen MR) is 486 cm³/mol. The van der Waals surface area contributed by atoms with E-state index in [2.05, 4.69) is 127 Å². The highest BCUT2D eigenvalue weighted by Gasteiger charge is 2.37. The molecule has 0 radical (unpaired) electrons. The predicted octanol–water partition coefficient (Wildman–Crippen LogP) is 31.7. The summed E-state index contributed by atoms with van der Waals surface area (Å²) in [6.07, 6.45) is -5.61. The molecule has 12 aromatic rings. The van der Waals surface area contributed by atoms with Gasteiger partial charge in [-0.3, -0.25) is 24.3 Å². The second-order valence-corrected chi connectivity index (χ2v) is 34.5. The van der Waals surface area contributed by atoms with Gasteiger partial charge in [0.15, 0.2) is 0 Å². The van der Waals surface area contributed by atoms with Gasteiger partial charge in [-0.1, -0.05) is 226 Å². The van der Waals surface area contributed by atoms with E-state index >= 15 is 0 Å². The summed E-state index contributed by atoms with van der Waals surface area (Å²) in [7, 11) is 2.21. The lowest BCUT2D eigenvalue weighted by molar-refractivity contribution is -0.139. The molecule has 6 aromatic heterocycles. The molecule has 0 spiro atoms. The Morgan fingerprint density at radius 3 is 1.49 bits per heavy atom. The Kier molecular flexibility index (Phi) is 46.5. The average Bonchev–Trinajstić information content (AvgIpc) is 1.46. The van der Waals surface area contributed by atoms with Crippen molar-refractivity contribution in [1.82, 2.24) is 44.9 Å². The van der Waals surface area contributed by atoms with Gasteiger partial charge in [-0.2, -0.15) is 62.9 Å². The number of alkyl halides is 12. The number of aromatic nitrogens is 9. The van der Waals surface area contributed by atoms with Gasteiger partial charge in [-0.25, -0.2) is 27.8 Å². The van der Waals surface area contributed by atoms with Gasteiger partial charge in [0.1, 0.15) is 35.9 Å². The van der Waals surface area contributed by atoms with Gasteiger partial charge in [-0.15, -0.1) is 0 Å². The fourth-order valence-corrected chi connectivity index (χ4v) is 13.8. The molecule has 0 fully saturated rings. The molecular weight excluding hydrogens is 1790 g/mol. The molecular formula is C96H112Cl4F15N9O3S. The van der Waals surface area contributed by atoms with Crippen LogP contribution in [-0.2, 0) is 41.9 Å². The number of rotatable bonds is 14. The maximum atomic E-state index is 13.2. The van der Waals surface area contributed by atoms with Crippen LogP contribution in [0.1, 0.15) is 269 Å². The van der Waals surface area contributed by atoms with Gasteiger partial charge in [0.2, 0.25) is 5.88 Å². The van der Waals surface area contributed by atoms with E-state index in [1.165, 1.54) is 84.7 Å². The molecule has 0 aliphatic rings. The molecule has 128 heavy (non-hydrogen) atoms. The lowest BCUT2D eigenvalue weighted by Gasteiger charge is -2.15. The number of ether oxygens (including phenoxy) is 2. The molecule has 0 aliphatic carbocycles. The number of hydrogen-bond donors (Lipinski definition) is 1. The molecule has 6 aromatic carbocycles. The van der Waals surface area contributed by atoms with E-state index in [0.717, 1.165) is 75.7 Å². The van der Waals surface area contributed by atoms with Gasteiger partial charge < -0.3 is 9.47 Å². The molecule has 1 atom stereocenters. The number of pyridine rings is 4. The Bertz CT molecular complexity index is 5370. The molecule has 0 amide bonds. The van der Waals surface area contributed by atoms with Gasteiger partial charge in [0.05, 0.1) is 91.8 Å². The molecule has 1 unspecified atom stereocenters. The molecule has 0 saturated carbocycles. The smallest absolute Gasteiger partial charge is 0.418 e. The van der Waals surface area contributed by atoms with Crippen molar-refractivity contribution in [2.75, 3.05) is 20.5 Å². The maximum Gasteiger partial charge on any atom is 0.418 e. The van der Waals surface area contributed by atoms with Crippen molar-refractivity contribution < 1.29 is 79.5 Å². The Morgan fingerprint density at radius 1 is 0.461 bits per heavy atom. The van der Waals surface area contributed by atoms with Crippen molar-refractivity contribution in [3.05, 3.63) is 311 Å². The zero-order valence-electron chi connectivity index (χ0n) is 75.7. The summed E-state index contributed by atoms with van der Waals surface area (Å²) in [5.74, 6) is 1.75. The quantitative estimate of drug-likeness (QED) is 0.104. The molecule has 12 rings (SSSR count). The first-order valence-electron chi connectivity index (χ1n) is 40.6. The largest absolute Gasteiger partial charge is 0.496 e. The fourth-order valence-electron chi connectivity index (χ4n) is 11.8. The van der Waals surface area contributed by atoms with Crippen LogP contribution in [0.15, 0.2) is 194 Å². The first-order chi connectivity index (χ1) is 59.5. The van der Waals surface area contributed by atoms with Crippen molar-refractivity contribution >= 4 is 68.1 Å². The van der Waals surface area contributed by atoms with E-state index in [9.17, 15) is 70.1 Å². The third-order valence-electron chi connectivity index (χ3n) is 18.5. The lowest BCUT2D eigenvalue weighted by Crippen LogP contribution is -2.11. The molecule has 1 N–H and O–H groups in total. The number of nitrogens with one attached hydrogen (secondary N) is 1. The summed E-state index contributed by atoms with van der Waals surface area (Å²) < 4.78 is 209. The van der Waals surface area contributed by atoms with E-state index in [0.29, 0.717) is 57.3 Å². The van der Waals surface area contributed by atoms with Crippen LogP contribution in [0.2, 0.25) is 20.1 Å². The summed E-state index contributed by atoms with van der Waals surface area (Å²) >= 11 is 23.0. The minimum atomic E-state index is -4.39. The summed E-state index contributed by atoms with van der Waals surface area (Å²) in [6, 6.07) is 40.0. The fraction of sp³-hybridized carbons (Fsp3) is 0.385. The molecule has 0 saturated heterocycles. The van der Waals surface area contributed by atoms with Gasteiger partial charge >= 0.3 is 24.7 Å². The van der Waals surface area contributed by atoms with Crippen LogP contribution in [0.5, 0.6) is 11.6 Å². The van der Waals surface area contributed by atoms with Crippen LogP contribution in [0.25, 0.3) is 16.6 Å². The number of nitrogens with zero attached hydrogens (tertiary/aromatic N) is 8. The minimum Gasteiger partial charge on any atom is -0.496 e. The standard InChI is InChI=1S/C11H12ClN3.C10H10ClF3.C10H13FO.C10H12N2.C10H15N.C10H14OS.2C9H9ClF3N.C9H12FNO.C8H6F4/c1-8(2)10-4-3-9(5-11(10)12)15-7-13-6-14-15;1-6(2)8-5-7(11)3-4-9(8)10(12,13)14;1-7(2)10-8(11)5-4-6-9(10)12-3;1-7(2)8-4-3-5-10-9(8)6-11-12-10;1-4-9-5-6-10(8(2)3)11-7-9;1-8(2)9-6-4-5-7-10(9)12(3)11;1-5(2)8-7(9(11,12)13)3-6(10)4-14-8;1-5(2)8-7(10)3-6(4-14-8)9(11,12)13;1-6(2)9-7(10)4-5-8(11-9)12-3;1-5-4-6(9)2-3-7(5)8(10,11)12/h3-8H,1-2H3;3-6H,1-2H3;4-7H,1-3H3;3-7H,1-2H3,(H,11,12);5-8H,4H2,1-3H3;4-8H,1-3H3;2*3-5H,1-2H3;4-6H,1-3H3;2-4H,1H3. The molecule has 32 heteroatoms. The first-order valence-corrected chi connectivity index (χ1v) is 43.7. The normalized spacial score (nSPS) is 11.6. The second-order valence-electron chi connectivity index (χ2n) is 31.5. The molecule has 698 valence electrons. The highest BCUT2D eigenvalue weighted by molar-refractivity contribution is 7.84. The molecule has 6 heterocycles. The van der Waals surface area contributed by atoms with Gasteiger partial charge in [0, 0.05) is 62.5 Å². The Balaban J connectivity index is 0.000000367. The SMILES string of the molecule is CC(C)c1cc(Cl)ccc1C(F)(F)F.CC(C)c1ccc(-n2cncn2)cc1Cl.CC(C)c1cccc2[nH]ncc12.CC(C)c1ccccc1S(C)=O.CC(C)c1ncc(C(F)(F)F)cc1Cl.CC(C)c1ncc(Cl)cc1C(F)(F)F.CCc1ccc(C(C)C)nc1.COc1ccc(F)c(C(C)C)n1.COc1cccc(F)c1C(C)C.Cc1cc(F)ccc1C(F)(F)F. The van der Waals surface area contributed by atoms with Crippen molar-refractivity contribution in [3.8, 4) is 17.3 Å². The lowest BCUT2D eigenvalue weighted by atomic mass is 9.97. The second kappa shape index (κ2) is 52.9. The Hall–Kier alpha value is -9.61. The van der Waals surface area contributed by atoms with Crippen molar-refractivity contribution in [1.29, 1.82) is 0 Å². The Morgan fingerprint density at radius 2 is 1.03 bits per heavy atom. The Labute approximate surface area is 764 Å². The maximum absolute atomic E-state index is 13.2. The molecule has 0 bridgehead atoms. The van der Waals surface area contributed by atoms with Crippen LogP contribution in [0, 0.1) is 24.4 Å². The molecule has 12 nitrogen and oxygen atoms in total. The number of fused-ring (bicyclic) bond motifs is 1. The first kappa shape index (κ1) is 113. The van der Waals surface area contributed by atoms with Crippen molar-refractivity contribution in [3.63, 3.8) is 0 Å². The van der Waals surface area contributed by atoms with Crippen LogP contribution in [0.3, 0.4) is 0 Å². The van der Waals surface area contributed by atoms with Gasteiger partial charge in [-0.05, 0) is 197 Å². The summed E-state index contributed by atoms with van der Waals surface area (Å²) in [4.78, 5) is 20.6. The average molecular weight is 1900 g/mol. The van der Waals surface area contributed by atoms with E-state index in [1.54, 1.807) is 64.2 Å². The number of aryl methyl sites for hydroxylation is 2. The van der Waals surface area contributed by atoms with Crippen molar-refractivity contribution in [2.45, 2.75) is 228 Å². The zero-order valence-corrected chi connectivity index (χ0v) is 79.5. The number of methoxy groups -OCH3 is 2. The third kappa shape index (κ3) is 37.1. The summed E-state index contributed by atoms with van der Waals surface area (Å²) in [5, 5.41) is 13.5.